The Labute approximate surface area is 103 Å². The number of nitrogens with zero attached hydrogens (tertiary/aromatic N) is 2. The molecule has 86 valence electrons. The van der Waals surface area contributed by atoms with E-state index in [4.69, 9.17) is 5.73 Å². The number of urea groups is 1. The minimum absolute atomic E-state index is 0.0820. The van der Waals surface area contributed by atoms with Crippen molar-refractivity contribution in [2.75, 3.05) is 25.9 Å². The molecule has 4 nitrogen and oxygen atoms in total. The third-order valence-corrected chi connectivity index (χ3v) is 3.11. The number of carbonyl (C=O) groups is 1. The van der Waals surface area contributed by atoms with E-state index >= 15 is 0 Å². The van der Waals surface area contributed by atoms with Crippen molar-refractivity contribution in [1.29, 1.82) is 0 Å². The van der Waals surface area contributed by atoms with Gasteiger partial charge in [0, 0.05) is 36.8 Å². The molecule has 0 spiro atoms. The highest BCUT2D eigenvalue weighted by molar-refractivity contribution is 9.10. The molecule has 1 saturated heterocycles. The number of nitrogen functional groups attached to an aromatic ring is 1. The van der Waals surface area contributed by atoms with Crippen LogP contribution in [0.3, 0.4) is 0 Å². The molecule has 0 unspecified atom stereocenters. The fraction of sp³-hybridized carbons (Fsp3) is 0.364. The molecule has 2 N–H and O–H groups in total. The van der Waals surface area contributed by atoms with Crippen LogP contribution in [0.25, 0.3) is 0 Å². The van der Waals surface area contributed by atoms with E-state index in [0.29, 0.717) is 12.2 Å². The fourth-order valence-corrected chi connectivity index (χ4v) is 2.40. The van der Waals surface area contributed by atoms with E-state index < -0.39 is 0 Å². The molecule has 0 atom stereocenters. The maximum Gasteiger partial charge on any atom is 0.320 e. The van der Waals surface area contributed by atoms with Crippen LogP contribution >= 0.6 is 15.9 Å². The second kappa shape index (κ2) is 4.33. The molecule has 1 heterocycles. The standard InChI is InChI=1S/C11H14BrN3O/c1-14-2-3-15(11(14)16)7-8-4-9(12)6-10(13)5-8/h4-6H,2-3,7,13H2,1H3. The van der Waals surface area contributed by atoms with Crippen molar-refractivity contribution in [2.24, 2.45) is 0 Å². The largest absolute Gasteiger partial charge is 0.399 e. The summed E-state index contributed by atoms with van der Waals surface area (Å²) < 4.78 is 0.947. The molecule has 2 rings (SSSR count). The number of hydrogen-bond donors (Lipinski definition) is 1. The zero-order valence-electron chi connectivity index (χ0n) is 9.11. The van der Waals surface area contributed by atoms with Crippen LogP contribution in [0.15, 0.2) is 22.7 Å². The van der Waals surface area contributed by atoms with Crippen molar-refractivity contribution >= 4 is 27.6 Å². The Morgan fingerprint density at radius 1 is 1.38 bits per heavy atom. The molecule has 1 aromatic carbocycles. The summed E-state index contributed by atoms with van der Waals surface area (Å²) in [5.41, 5.74) is 7.52. The summed E-state index contributed by atoms with van der Waals surface area (Å²) in [6.07, 6.45) is 0. The Balaban J connectivity index is 2.12. The third kappa shape index (κ3) is 2.29. The lowest BCUT2D eigenvalue weighted by Crippen LogP contribution is -2.28. The van der Waals surface area contributed by atoms with Crippen LogP contribution in [0, 0.1) is 0 Å². The van der Waals surface area contributed by atoms with E-state index in [0.717, 1.165) is 23.1 Å². The Morgan fingerprint density at radius 2 is 2.12 bits per heavy atom. The number of halogens is 1. The average Bonchev–Trinajstić information content (AvgIpc) is 2.48. The fourth-order valence-electron chi connectivity index (χ4n) is 1.84. The van der Waals surface area contributed by atoms with Gasteiger partial charge in [-0.15, -0.1) is 0 Å². The highest BCUT2D eigenvalue weighted by atomic mass is 79.9. The number of carbonyl (C=O) groups excluding carboxylic acids is 1. The van der Waals surface area contributed by atoms with Gasteiger partial charge in [-0.3, -0.25) is 0 Å². The van der Waals surface area contributed by atoms with Crippen LogP contribution in [-0.4, -0.2) is 36.0 Å². The van der Waals surface area contributed by atoms with Gasteiger partial charge in [0.2, 0.25) is 0 Å². The van der Waals surface area contributed by atoms with Gasteiger partial charge in [-0.1, -0.05) is 15.9 Å². The second-order valence-corrected chi connectivity index (χ2v) is 4.93. The molecule has 16 heavy (non-hydrogen) atoms. The first-order chi connectivity index (χ1) is 7.56. The monoisotopic (exact) mass is 283 g/mol. The quantitative estimate of drug-likeness (QED) is 0.843. The van der Waals surface area contributed by atoms with Crippen molar-refractivity contribution < 1.29 is 4.79 Å². The summed E-state index contributed by atoms with van der Waals surface area (Å²) in [5.74, 6) is 0. The lowest BCUT2D eigenvalue weighted by Gasteiger charge is -2.16. The highest BCUT2D eigenvalue weighted by Gasteiger charge is 2.24. The van der Waals surface area contributed by atoms with Crippen LogP contribution in [0.5, 0.6) is 0 Å². The Kier molecular flexibility index (Phi) is 3.05. The minimum Gasteiger partial charge on any atom is -0.399 e. The van der Waals surface area contributed by atoms with E-state index in [1.54, 1.807) is 4.90 Å². The van der Waals surface area contributed by atoms with E-state index in [-0.39, 0.29) is 6.03 Å². The van der Waals surface area contributed by atoms with Gasteiger partial charge in [0.15, 0.2) is 0 Å². The lowest BCUT2D eigenvalue weighted by molar-refractivity contribution is 0.197. The van der Waals surface area contributed by atoms with Crippen LogP contribution in [0.4, 0.5) is 10.5 Å². The molecule has 2 amide bonds. The van der Waals surface area contributed by atoms with Crippen molar-refractivity contribution in [2.45, 2.75) is 6.54 Å². The van der Waals surface area contributed by atoms with E-state index in [1.165, 1.54) is 0 Å². The molecule has 1 aliphatic rings. The Bertz CT molecular complexity index is 401. The first-order valence-electron chi connectivity index (χ1n) is 5.11. The SMILES string of the molecule is CN1CCN(Cc2cc(N)cc(Br)c2)C1=O. The van der Waals surface area contributed by atoms with Crippen LogP contribution in [0.2, 0.25) is 0 Å². The van der Waals surface area contributed by atoms with Crippen molar-refractivity contribution in [1.82, 2.24) is 9.80 Å². The maximum absolute atomic E-state index is 11.7. The van der Waals surface area contributed by atoms with Gasteiger partial charge in [-0.25, -0.2) is 4.79 Å². The summed E-state index contributed by atoms with van der Waals surface area (Å²) in [6.45, 7) is 2.19. The van der Waals surface area contributed by atoms with Gasteiger partial charge in [0.25, 0.3) is 0 Å². The lowest BCUT2D eigenvalue weighted by atomic mass is 10.2. The van der Waals surface area contributed by atoms with E-state index in [2.05, 4.69) is 15.9 Å². The van der Waals surface area contributed by atoms with Gasteiger partial charge >= 0.3 is 6.03 Å². The molecule has 0 aromatic heterocycles. The number of rotatable bonds is 2. The number of anilines is 1. The normalized spacial score (nSPS) is 16.0. The molecule has 1 aliphatic heterocycles. The Hall–Kier alpha value is -1.23. The Morgan fingerprint density at radius 3 is 2.69 bits per heavy atom. The summed E-state index contributed by atoms with van der Waals surface area (Å²) in [5, 5.41) is 0. The second-order valence-electron chi connectivity index (χ2n) is 4.02. The number of nitrogens with two attached hydrogens (primary N) is 1. The van der Waals surface area contributed by atoms with Gasteiger partial charge in [-0.2, -0.15) is 0 Å². The minimum atomic E-state index is 0.0820. The molecule has 0 aliphatic carbocycles. The highest BCUT2D eigenvalue weighted by Crippen LogP contribution is 2.20. The zero-order valence-corrected chi connectivity index (χ0v) is 10.7. The molecule has 1 fully saturated rings. The molecule has 5 heteroatoms. The predicted octanol–water partition coefficient (Wildman–Crippen LogP) is 1.90. The zero-order chi connectivity index (χ0) is 11.7. The first kappa shape index (κ1) is 11.3. The topological polar surface area (TPSA) is 49.6 Å². The van der Waals surface area contributed by atoms with Gasteiger partial charge in [0.1, 0.15) is 0 Å². The summed E-state index contributed by atoms with van der Waals surface area (Å²) in [7, 11) is 1.82. The summed E-state index contributed by atoms with van der Waals surface area (Å²) in [4.78, 5) is 15.2. The number of likely N-dealkylation sites (N-methyl/N-ethyl adjacent to an activating group) is 1. The molecular formula is C11H14BrN3O. The van der Waals surface area contributed by atoms with Gasteiger partial charge in [0.05, 0.1) is 0 Å². The van der Waals surface area contributed by atoms with Crippen LogP contribution < -0.4 is 5.73 Å². The van der Waals surface area contributed by atoms with E-state index in [1.807, 2.05) is 30.1 Å². The summed E-state index contributed by atoms with van der Waals surface area (Å²) in [6, 6.07) is 5.82. The van der Waals surface area contributed by atoms with Crippen molar-refractivity contribution in [3.05, 3.63) is 28.2 Å². The number of amides is 2. The van der Waals surface area contributed by atoms with Gasteiger partial charge < -0.3 is 15.5 Å². The van der Waals surface area contributed by atoms with Crippen LogP contribution in [-0.2, 0) is 6.54 Å². The summed E-state index contributed by atoms with van der Waals surface area (Å²) >= 11 is 3.40. The first-order valence-corrected chi connectivity index (χ1v) is 5.90. The van der Waals surface area contributed by atoms with Gasteiger partial charge in [-0.05, 0) is 23.8 Å². The van der Waals surface area contributed by atoms with Crippen molar-refractivity contribution in [3.63, 3.8) is 0 Å². The number of benzene rings is 1. The number of hydrogen-bond acceptors (Lipinski definition) is 2. The molecule has 1 aromatic rings. The molecular weight excluding hydrogens is 270 g/mol. The van der Waals surface area contributed by atoms with Crippen molar-refractivity contribution in [3.8, 4) is 0 Å². The average molecular weight is 284 g/mol. The maximum atomic E-state index is 11.7. The molecule has 0 saturated carbocycles. The smallest absolute Gasteiger partial charge is 0.320 e. The van der Waals surface area contributed by atoms with Crippen LogP contribution in [0.1, 0.15) is 5.56 Å². The van der Waals surface area contributed by atoms with E-state index in [9.17, 15) is 4.79 Å². The molecule has 0 bridgehead atoms. The molecule has 0 radical (unpaired) electrons. The third-order valence-electron chi connectivity index (χ3n) is 2.66. The predicted molar refractivity (Wildman–Crippen MR) is 67.0 cm³/mol.